The van der Waals surface area contributed by atoms with E-state index in [2.05, 4.69) is 15.5 Å². The Morgan fingerprint density at radius 2 is 2.05 bits per heavy atom. The smallest absolute Gasteiger partial charge is 0.311 e. The van der Waals surface area contributed by atoms with Crippen LogP contribution in [0.4, 0.5) is 0 Å². The van der Waals surface area contributed by atoms with Gasteiger partial charge in [0.05, 0.1) is 11.8 Å². The van der Waals surface area contributed by atoms with Gasteiger partial charge in [0.15, 0.2) is 5.82 Å². The maximum atomic E-state index is 10.7. The van der Waals surface area contributed by atoms with E-state index in [-0.39, 0.29) is 18.3 Å². The van der Waals surface area contributed by atoms with Crippen LogP contribution in [0, 0.1) is 0 Å². The lowest BCUT2D eigenvalue weighted by molar-refractivity contribution is -0.136. The Bertz CT molecular complexity index is 563. The zero-order valence-electron chi connectivity index (χ0n) is 10.6. The number of aliphatic carboxylic acids is 1. The summed E-state index contributed by atoms with van der Waals surface area (Å²) in [6.07, 6.45) is -0.126. The number of tetrazole rings is 1. The molecule has 0 aliphatic heterocycles. The van der Waals surface area contributed by atoms with Gasteiger partial charge in [-0.1, -0.05) is 0 Å². The molecule has 2 aromatic rings. The van der Waals surface area contributed by atoms with Crippen LogP contribution in [0.25, 0.3) is 5.69 Å². The highest BCUT2D eigenvalue weighted by atomic mass is 16.5. The quantitative estimate of drug-likeness (QED) is 0.867. The molecule has 2 rings (SSSR count). The van der Waals surface area contributed by atoms with Crippen molar-refractivity contribution in [1.29, 1.82) is 0 Å². The number of carboxylic acid groups (broad SMARTS) is 1. The van der Waals surface area contributed by atoms with Crippen molar-refractivity contribution in [2.75, 3.05) is 0 Å². The summed E-state index contributed by atoms with van der Waals surface area (Å²) in [5.74, 6) is 0.0486. The first-order valence-electron chi connectivity index (χ1n) is 5.82. The van der Waals surface area contributed by atoms with E-state index in [1.165, 1.54) is 4.68 Å². The first-order valence-corrected chi connectivity index (χ1v) is 5.82. The van der Waals surface area contributed by atoms with Crippen LogP contribution in [-0.4, -0.2) is 37.4 Å². The van der Waals surface area contributed by atoms with Gasteiger partial charge in [-0.2, -0.15) is 4.68 Å². The van der Waals surface area contributed by atoms with E-state index < -0.39 is 5.97 Å². The summed E-state index contributed by atoms with van der Waals surface area (Å²) in [6, 6.07) is 7.14. The molecule has 0 fully saturated rings. The summed E-state index contributed by atoms with van der Waals surface area (Å²) in [5, 5.41) is 19.7. The van der Waals surface area contributed by atoms with Crippen LogP contribution >= 0.6 is 0 Å². The van der Waals surface area contributed by atoms with Crippen molar-refractivity contribution < 1.29 is 14.6 Å². The van der Waals surface area contributed by atoms with E-state index in [9.17, 15) is 4.79 Å². The number of rotatable bonds is 5. The summed E-state index contributed by atoms with van der Waals surface area (Å²) < 4.78 is 6.92. The average molecular weight is 262 g/mol. The van der Waals surface area contributed by atoms with Crippen molar-refractivity contribution >= 4 is 5.97 Å². The topological polar surface area (TPSA) is 90.1 Å². The number of ether oxygens (including phenoxy) is 1. The normalized spacial score (nSPS) is 10.7. The molecule has 0 saturated carbocycles. The van der Waals surface area contributed by atoms with E-state index >= 15 is 0 Å². The first-order chi connectivity index (χ1) is 9.06. The third-order valence-electron chi connectivity index (χ3n) is 2.30. The van der Waals surface area contributed by atoms with Crippen molar-refractivity contribution in [3.63, 3.8) is 0 Å². The third-order valence-corrected chi connectivity index (χ3v) is 2.30. The van der Waals surface area contributed by atoms with Gasteiger partial charge in [-0.25, -0.2) is 0 Å². The van der Waals surface area contributed by atoms with Crippen LogP contribution < -0.4 is 4.74 Å². The number of hydrogen-bond donors (Lipinski definition) is 1. The van der Waals surface area contributed by atoms with Crippen molar-refractivity contribution in [1.82, 2.24) is 20.2 Å². The van der Waals surface area contributed by atoms with Crippen molar-refractivity contribution in [2.45, 2.75) is 26.4 Å². The van der Waals surface area contributed by atoms with E-state index in [0.29, 0.717) is 5.69 Å². The zero-order valence-corrected chi connectivity index (χ0v) is 10.6. The van der Waals surface area contributed by atoms with Gasteiger partial charge in [0.1, 0.15) is 12.2 Å². The molecule has 7 heteroatoms. The molecule has 19 heavy (non-hydrogen) atoms. The first kappa shape index (κ1) is 13.0. The van der Waals surface area contributed by atoms with Crippen LogP contribution in [0.3, 0.4) is 0 Å². The lowest BCUT2D eigenvalue weighted by Crippen LogP contribution is -2.09. The molecule has 0 unspecified atom stereocenters. The number of benzene rings is 1. The van der Waals surface area contributed by atoms with Gasteiger partial charge in [-0.15, -0.1) is 5.10 Å². The monoisotopic (exact) mass is 262 g/mol. The van der Waals surface area contributed by atoms with Gasteiger partial charge in [0.2, 0.25) is 0 Å². The molecule has 1 aromatic heterocycles. The minimum Gasteiger partial charge on any atom is -0.491 e. The summed E-state index contributed by atoms with van der Waals surface area (Å²) >= 11 is 0. The lowest BCUT2D eigenvalue weighted by atomic mass is 10.3. The maximum absolute atomic E-state index is 10.7. The molecule has 7 nitrogen and oxygen atoms in total. The van der Waals surface area contributed by atoms with E-state index in [1.54, 1.807) is 24.3 Å². The van der Waals surface area contributed by atoms with Crippen LogP contribution in [0.2, 0.25) is 0 Å². The Labute approximate surface area is 109 Å². The van der Waals surface area contributed by atoms with Crippen LogP contribution in [0.1, 0.15) is 19.7 Å². The second kappa shape index (κ2) is 5.47. The Morgan fingerprint density at radius 3 is 2.63 bits per heavy atom. The van der Waals surface area contributed by atoms with Gasteiger partial charge in [-0.3, -0.25) is 4.79 Å². The fourth-order valence-corrected chi connectivity index (χ4v) is 1.59. The molecule has 1 aromatic carbocycles. The Morgan fingerprint density at radius 1 is 1.37 bits per heavy atom. The lowest BCUT2D eigenvalue weighted by Gasteiger charge is -2.10. The molecule has 0 aliphatic rings. The minimum atomic E-state index is -0.976. The minimum absolute atomic E-state index is 0.0986. The number of carbonyl (C=O) groups is 1. The fraction of sp³-hybridized carbons (Fsp3) is 0.333. The molecule has 0 radical (unpaired) electrons. The number of hydrogen-bond acceptors (Lipinski definition) is 5. The van der Waals surface area contributed by atoms with Crippen LogP contribution in [-0.2, 0) is 11.2 Å². The van der Waals surface area contributed by atoms with Gasteiger partial charge in [0.25, 0.3) is 0 Å². The highest BCUT2D eigenvalue weighted by Gasteiger charge is 2.11. The number of carboxylic acids is 1. The summed E-state index contributed by atoms with van der Waals surface area (Å²) in [4.78, 5) is 10.7. The Hall–Kier alpha value is -2.44. The molecular formula is C12H14N4O3. The summed E-state index contributed by atoms with van der Waals surface area (Å²) in [7, 11) is 0. The van der Waals surface area contributed by atoms with Crippen LogP contribution in [0.5, 0.6) is 5.75 Å². The molecule has 0 amide bonds. The Kier molecular flexibility index (Phi) is 3.74. The Balaban J connectivity index is 2.22. The molecule has 100 valence electrons. The second-order valence-electron chi connectivity index (χ2n) is 4.24. The van der Waals surface area contributed by atoms with Gasteiger partial charge < -0.3 is 9.84 Å². The number of nitrogens with zero attached hydrogens (tertiary/aromatic N) is 4. The largest absolute Gasteiger partial charge is 0.491 e. The van der Waals surface area contributed by atoms with E-state index in [0.717, 1.165) is 5.75 Å². The average Bonchev–Trinajstić information content (AvgIpc) is 2.76. The molecule has 0 atom stereocenters. The zero-order chi connectivity index (χ0) is 13.8. The highest BCUT2D eigenvalue weighted by molar-refractivity contribution is 5.69. The van der Waals surface area contributed by atoms with Gasteiger partial charge in [-0.05, 0) is 48.5 Å². The molecule has 0 aliphatic carbocycles. The maximum Gasteiger partial charge on any atom is 0.311 e. The standard InChI is InChI=1S/C12H14N4O3/c1-8(2)19-10-5-3-9(4-6-10)16-11(7-12(17)18)13-14-15-16/h3-6,8H,7H2,1-2H3,(H,17,18). The SMILES string of the molecule is CC(C)Oc1ccc(-n2nnnc2CC(=O)O)cc1. The fourth-order valence-electron chi connectivity index (χ4n) is 1.59. The molecule has 1 N–H and O–H groups in total. The van der Waals surface area contributed by atoms with E-state index in [1.807, 2.05) is 13.8 Å². The molecule has 0 bridgehead atoms. The number of aromatic nitrogens is 4. The van der Waals surface area contributed by atoms with Crippen molar-refractivity contribution in [2.24, 2.45) is 0 Å². The summed E-state index contributed by atoms with van der Waals surface area (Å²) in [5.41, 5.74) is 0.692. The highest BCUT2D eigenvalue weighted by Crippen LogP contribution is 2.16. The van der Waals surface area contributed by atoms with E-state index in [4.69, 9.17) is 9.84 Å². The molecular weight excluding hydrogens is 248 g/mol. The molecule has 1 heterocycles. The second-order valence-corrected chi connectivity index (χ2v) is 4.24. The van der Waals surface area contributed by atoms with Crippen molar-refractivity contribution in [3.8, 4) is 11.4 Å². The summed E-state index contributed by atoms with van der Waals surface area (Å²) in [6.45, 7) is 3.89. The molecule has 0 spiro atoms. The van der Waals surface area contributed by atoms with Crippen molar-refractivity contribution in [3.05, 3.63) is 30.1 Å². The molecule has 0 saturated heterocycles. The predicted molar refractivity (Wildman–Crippen MR) is 66.3 cm³/mol. The predicted octanol–water partition coefficient (Wildman–Crippen LogP) is 1.08. The van der Waals surface area contributed by atoms with Crippen LogP contribution in [0.15, 0.2) is 24.3 Å². The van der Waals surface area contributed by atoms with Gasteiger partial charge in [0, 0.05) is 0 Å². The van der Waals surface area contributed by atoms with Gasteiger partial charge >= 0.3 is 5.97 Å². The third kappa shape index (κ3) is 3.27.